The lowest BCUT2D eigenvalue weighted by Gasteiger charge is -2.01. The van der Waals surface area contributed by atoms with Crippen molar-refractivity contribution in [3.8, 4) is 11.5 Å². The van der Waals surface area contributed by atoms with Crippen molar-refractivity contribution in [1.82, 2.24) is 4.98 Å². The first-order valence-corrected chi connectivity index (χ1v) is 5.51. The number of hydrogen-bond donors (Lipinski definition) is 1. The summed E-state index contributed by atoms with van der Waals surface area (Å²) in [5, 5.41) is 2.32. The summed E-state index contributed by atoms with van der Waals surface area (Å²) in [6, 6.07) is 14.3. The molecule has 84 valence electrons. The molecule has 2 aromatic carbocycles. The van der Waals surface area contributed by atoms with Gasteiger partial charge in [-0.3, -0.25) is 0 Å². The first kappa shape index (κ1) is 10.1. The van der Waals surface area contributed by atoms with Crippen LogP contribution in [-0.2, 0) is 6.54 Å². The molecule has 3 rings (SSSR count). The Labute approximate surface area is 98.9 Å². The molecule has 0 aliphatic heterocycles. The van der Waals surface area contributed by atoms with Gasteiger partial charge in [-0.25, -0.2) is 4.98 Å². The summed E-state index contributed by atoms with van der Waals surface area (Å²) in [5.41, 5.74) is 7.31. The average Bonchev–Trinajstić information content (AvgIpc) is 2.87. The van der Waals surface area contributed by atoms with Crippen molar-refractivity contribution in [3.05, 3.63) is 54.4 Å². The smallest absolute Gasteiger partial charge is 0.226 e. The third-order valence-electron chi connectivity index (χ3n) is 2.78. The molecule has 0 aliphatic carbocycles. The van der Waals surface area contributed by atoms with Crippen molar-refractivity contribution in [2.45, 2.75) is 6.54 Å². The standard InChI is InChI=1S/C14H12N2O/c15-8-11-9-17-14(16-11)13-7-3-5-10-4-1-2-6-12(10)13/h1-7,9H,8,15H2. The predicted molar refractivity (Wildman–Crippen MR) is 67.3 cm³/mol. The van der Waals surface area contributed by atoms with Gasteiger partial charge in [-0.2, -0.15) is 0 Å². The number of fused-ring (bicyclic) bond motifs is 1. The zero-order chi connectivity index (χ0) is 11.7. The number of oxazole rings is 1. The molecule has 0 atom stereocenters. The molecule has 1 aromatic heterocycles. The van der Waals surface area contributed by atoms with Crippen molar-refractivity contribution in [2.75, 3.05) is 0 Å². The van der Waals surface area contributed by atoms with E-state index >= 15 is 0 Å². The second-order valence-electron chi connectivity index (χ2n) is 3.87. The van der Waals surface area contributed by atoms with Crippen molar-refractivity contribution < 1.29 is 4.42 Å². The average molecular weight is 224 g/mol. The van der Waals surface area contributed by atoms with E-state index in [1.807, 2.05) is 24.3 Å². The van der Waals surface area contributed by atoms with Gasteiger partial charge in [0.15, 0.2) is 0 Å². The van der Waals surface area contributed by atoms with Gasteiger partial charge in [0.2, 0.25) is 5.89 Å². The molecule has 0 aliphatic rings. The second kappa shape index (κ2) is 4.03. The Morgan fingerprint density at radius 3 is 2.71 bits per heavy atom. The van der Waals surface area contributed by atoms with Crippen LogP contribution < -0.4 is 5.73 Å². The van der Waals surface area contributed by atoms with Crippen LogP contribution in [0.5, 0.6) is 0 Å². The lowest BCUT2D eigenvalue weighted by Crippen LogP contribution is -1.95. The fraction of sp³-hybridized carbons (Fsp3) is 0.0714. The van der Waals surface area contributed by atoms with Gasteiger partial charge in [-0.05, 0) is 16.8 Å². The van der Waals surface area contributed by atoms with Crippen LogP contribution >= 0.6 is 0 Å². The molecule has 0 spiro atoms. The van der Waals surface area contributed by atoms with Crippen LogP contribution in [0.4, 0.5) is 0 Å². The van der Waals surface area contributed by atoms with E-state index in [0.29, 0.717) is 12.4 Å². The van der Waals surface area contributed by atoms with E-state index in [-0.39, 0.29) is 0 Å². The number of aromatic nitrogens is 1. The van der Waals surface area contributed by atoms with Crippen LogP contribution in [0.3, 0.4) is 0 Å². The highest BCUT2D eigenvalue weighted by molar-refractivity contribution is 5.94. The minimum Gasteiger partial charge on any atom is -0.444 e. The zero-order valence-electron chi connectivity index (χ0n) is 9.26. The largest absolute Gasteiger partial charge is 0.444 e. The van der Waals surface area contributed by atoms with E-state index in [2.05, 4.69) is 23.2 Å². The molecule has 0 saturated heterocycles. The Kier molecular flexibility index (Phi) is 2.38. The number of nitrogens with zero attached hydrogens (tertiary/aromatic N) is 1. The second-order valence-corrected chi connectivity index (χ2v) is 3.87. The van der Waals surface area contributed by atoms with Gasteiger partial charge in [0.1, 0.15) is 6.26 Å². The van der Waals surface area contributed by atoms with E-state index in [0.717, 1.165) is 16.6 Å². The molecule has 0 bridgehead atoms. The molecule has 3 heteroatoms. The topological polar surface area (TPSA) is 52.0 Å². The molecule has 0 radical (unpaired) electrons. The molecule has 17 heavy (non-hydrogen) atoms. The molecule has 3 nitrogen and oxygen atoms in total. The summed E-state index contributed by atoms with van der Waals surface area (Å²) in [7, 11) is 0. The molecule has 1 heterocycles. The van der Waals surface area contributed by atoms with Crippen LogP contribution in [0.2, 0.25) is 0 Å². The third kappa shape index (κ3) is 1.70. The van der Waals surface area contributed by atoms with E-state index in [1.54, 1.807) is 6.26 Å². The summed E-state index contributed by atoms with van der Waals surface area (Å²) in [4.78, 5) is 4.36. The van der Waals surface area contributed by atoms with Gasteiger partial charge in [-0.1, -0.05) is 36.4 Å². The fourth-order valence-electron chi connectivity index (χ4n) is 1.94. The van der Waals surface area contributed by atoms with Crippen LogP contribution in [0.25, 0.3) is 22.2 Å². The molecular weight excluding hydrogens is 212 g/mol. The lowest BCUT2D eigenvalue weighted by atomic mass is 10.0. The molecule has 0 saturated carbocycles. The van der Waals surface area contributed by atoms with E-state index in [9.17, 15) is 0 Å². The van der Waals surface area contributed by atoms with E-state index < -0.39 is 0 Å². The Bertz CT molecular complexity index is 653. The Balaban J connectivity index is 2.23. The van der Waals surface area contributed by atoms with Crippen molar-refractivity contribution in [2.24, 2.45) is 5.73 Å². The highest BCUT2D eigenvalue weighted by Crippen LogP contribution is 2.27. The summed E-state index contributed by atoms with van der Waals surface area (Å²) in [5.74, 6) is 0.627. The fourth-order valence-corrected chi connectivity index (χ4v) is 1.94. The molecule has 0 unspecified atom stereocenters. The molecular formula is C14H12N2O. The van der Waals surface area contributed by atoms with Crippen molar-refractivity contribution in [1.29, 1.82) is 0 Å². The van der Waals surface area contributed by atoms with Crippen LogP contribution in [0, 0.1) is 0 Å². The third-order valence-corrected chi connectivity index (χ3v) is 2.78. The monoisotopic (exact) mass is 224 g/mol. The summed E-state index contributed by atoms with van der Waals surface area (Å²) in [6.45, 7) is 0.397. The SMILES string of the molecule is NCc1coc(-c2cccc3ccccc23)n1. The van der Waals surface area contributed by atoms with Gasteiger partial charge in [0.05, 0.1) is 5.69 Å². The van der Waals surface area contributed by atoms with E-state index in [1.165, 1.54) is 5.39 Å². The highest BCUT2D eigenvalue weighted by Gasteiger charge is 2.08. The quantitative estimate of drug-likeness (QED) is 0.728. The number of benzene rings is 2. The Morgan fingerprint density at radius 1 is 1.06 bits per heavy atom. The van der Waals surface area contributed by atoms with Gasteiger partial charge < -0.3 is 10.2 Å². The minimum absolute atomic E-state index is 0.397. The first-order chi connectivity index (χ1) is 8.38. The maximum Gasteiger partial charge on any atom is 0.226 e. The number of rotatable bonds is 2. The molecule has 0 amide bonds. The molecule has 3 aromatic rings. The van der Waals surface area contributed by atoms with Gasteiger partial charge in [0, 0.05) is 12.1 Å². The predicted octanol–water partition coefficient (Wildman–Crippen LogP) is 2.95. The molecule has 0 fully saturated rings. The Hall–Kier alpha value is -2.13. The van der Waals surface area contributed by atoms with Crippen molar-refractivity contribution in [3.63, 3.8) is 0 Å². The first-order valence-electron chi connectivity index (χ1n) is 5.51. The summed E-state index contributed by atoms with van der Waals surface area (Å²) >= 11 is 0. The van der Waals surface area contributed by atoms with Gasteiger partial charge in [0.25, 0.3) is 0 Å². The Morgan fingerprint density at radius 2 is 1.88 bits per heavy atom. The maximum atomic E-state index is 5.53. The normalized spacial score (nSPS) is 10.9. The minimum atomic E-state index is 0.397. The maximum absolute atomic E-state index is 5.53. The lowest BCUT2D eigenvalue weighted by molar-refractivity contribution is 0.573. The summed E-state index contributed by atoms with van der Waals surface area (Å²) in [6.07, 6.45) is 1.61. The summed E-state index contributed by atoms with van der Waals surface area (Å²) < 4.78 is 5.46. The van der Waals surface area contributed by atoms with Crippen molar-refractivity contribution >= 4 is 10.8 Å². The van der Waals surface area contributed by atoms with Crippen LogP contribution in [0.1, 0.15) is 5.69 Å². The molecule has 2 N–H and O–H groups in total. The van der Waals surface area contributed by atoms with E-state index in [4.69, 9.17) is 10.2 Å². The van der Waals surface area contributed by atoms with Gasteiger partial charge in [-0.15, -0.1) is 0 Å². The van der Waals surface area contributed by atoms with Crippen LogP contribution in [0.15, 0.2) is 53.1 Å². The zero-order valence-corrected chi connectivity index (χ0v) is 9.26. The number of hydrogen-bond acceptors (Lipinski definition) is 3. The highest BCUT2D eigenvalue weighted by atomic mass is 16.3. The van der Waals surface area contributed by atoms with Crippen LogP contribution in [-0.4, -0.2) is 4.98 Å². The van der Waals surface area contributed by atoms with Gasteiger partial charge >= 0.3 is 0 Å². The number of nitrogens with two attached hydrogens (primary N) is 1.